The monoisotopic (exact) mass is 506 g/mol. The summed E-state index contributed by atoms with van der Waals surface area (Å²) in [5.74, 6) is -2.91. The van der Waals surface area contributed by atoms with Gasteiger partial charge in [-0.1, -0.05) is 12.1 Å². The van der Waals surface area contributed by atoms with Crippen LogP contribution in [0.2, 0.25) is 0 Å². The third-order valence-electron chi connectivity index (χ3n) is 5.13. The largest absolute Gasteiger partial charge is 0.463 e. The van der Waals surface area contributed by atoms with E-state index in [-0.39, 0.29) is 11.3 Å². The van der Waals surface area contributed by atoms with Crippen LogP contribution in [-0.4, -0.2) is 61.2 Å². The van der Waals surface area contributed by atoms with Crippen LogP contribution in [0.15, 0.2) is 33.5 Å². The van der Waals surface area contributed by atoms with Crippen molar-refractivity contribution >= 4 is 34.8 Å². The lowest BCUT2D eigenvalue weighted by Gasteiger charge is -2.43. The number of ether oxygens (including phenoxy) is 6. The number of esters is 4. The third kappa shape index (κ3) is 6.39. The fourth-order valence-electron chi connectivity index (χ4n) is 3.86. The Bertz CT molecular complexity index is 1220. The van der Waals surface area contributed by atoms with Crippen LogP contribution in [0.1, 0.15) is 33.3 Å². The Kier molecular flexibility index (Phi) is 8.30. The minimum absolute atomic E-state index is 0.0419. The van der Waals surface area contributed by atoms with Crippen molar-refractivity contribution in [2.75, 3.05) is 6.61 Å². The smallest absolute Gasteiger partial charge is 0.339 e. The predicted octanol–water partition coefficient (Wildman–Crippen LogP) is 1.56. The second-order valence-corrected chi connectivity index (χ2v) is 8.06. The topological polar surface area (TPSA) is 154 Å². The van der Waals surface area contributed by atoms with Gasteiger partial charge in [0.2, 0.25) is 12.4 Å². The fourth-order valence-corrected chi connectivity index (χ4v) is 3.86. The Balaban J connectivity index is 2.10. The van der Waals surface area contributed by atoms with Crippen molar-refractivity contribution in [3.05, 3.63) is 40.2 Å². The molecule has 1 aliphatic rings. The average Bonchev–Trinajstić information content (AvgIpc) is 2.75. The minimum Gasteiger partial charge on any atom is -0.463 e. The van der Waals surface area contributed by atoms with E-state index in [2.05, 4.69) is 0 Å². The highest BCUT2D eigenvalue weighted by atomic mass is 16.7. The summed E-state index contributed by atoms with van der Waals surface area (Å²) in [6.07, 6.45) is -6.83. The molecule has 0 spiro atoms. The quantitative estimate of drug-likeness (QED) is 0.304. The van der Waals surface area contributed by atoms with Gasteiger partial charge in [-0.2, -0.15) is 0 Å². The van der Waals surface area contributed by atoms with E-state index in [1.54, 1.807) is 25.1 Å². The zero-order valence-electron chi connectivity index (χ0n) is 20.3. The van der Waals surface area contributed by atoms with Crippen LogP contribution in [0.5, 0.6) is 5.75 Å². The molecule has 0 saturated carbocycles. The van der Waals surface area contributed by atoms with E-state index in [0.29, 0.717) is 10.9 Å². The molecule has 1 aromatic heterocycles. The van der Waals surface area contributed by atoms with Gasteiger partial charge in [0.1, 0.15) is 24.0 Å². The first-order valence-electron chi connectivity index (χ1n) is 11.0. The highest BCUT2D eigenvalue weighted by Crippen LogP contribution is 2.34. The number of fused-ring (bicyclic) bond motifs is 1. The van der Waals surface area contributed by atoms with Gasteiger partial charge in [0.15, 0.2) is 12.2 Å². The number of aryl methyl sites for hydroxylation is 1. The van der Waals surface area contributed by atoms with E-state index < -0.39 is 66.8 Å². The van der Waals surface area contributed by atoms with Crippen molar-refractivity contribution in [1.82, 2.24) is 0 Å². The molecule has 0 amide bonds. The predicted molar refractivity (Wildman–Crippen MR) is 120 cm³/mol. The number of carbonyl (C=O) groups excluding carboxylic acids is 4. The first-order chi connectivity index (χ1) is 17.0. The molecule has 12 heteroatoms. The molecule has 1 aliphatic heterocycles. The van der Waals surface area contributed by atoms with Crippen LogP contribution < -0.4 is 10.4 Å². The zero-order chi connectivity index (χ0) is 26.6. The Morgan fingerprint density at radius 2 is 1.47 bits per heavy atom. The number of hydrogen-bond donors (Lipinski definition) is 0. The molecule has 0 unspecified atom stereocenters. The summed E-state index contributed by atoms with van der Waals surface area (Å²) < 4.78 is 38.3. The molecular weight excluding hydrogens is 480 g/mol. The Labute approximate surface area is 205 Å². The van der Waals surface area contributed by atoms with E-state index in [1.165, 1.54) is 6.92 Å². The molecule has 1 aromatic carbocycles. The van der Waals surface area contributed by atoms with Crippen LogP contribution in [-0.2, 0) is 42.9 Å². The molecule has 0 aliphatic carbocycles. The van der Waals surface area contributed by atoms with Crippen LogP contribution in [0.25, 0.3) is 11.0 Å². The Morgan fingerprint density at radius 1 is 0.861 bits per heavy atom. The molecule has 1 fully saturated rings. The van der Waals surface area contributed by atoms with Gasteiger partial charge in [-0.05, 0) is 18.6 Å². The molecule has 5 atom stereocenters. The summed E-state index contributed by atoms with van der Waals surface area (Å²) in [5.41, 5.74) is 0.230. The summed E-state index contributed by atoms with van der Waals surface area (Å²) in [4.78, 5) is 59.4. The van der Waals surface area contributed by atoms with E-state index in [0.717, 1.165) is 26.8 Å². The lowest BCUT2D eigenvalue weighted by atomic mass is 9.98. The van der Waals surface area contributed by atoms with Crippen LogP contribution in [0, 0.1) is 6.92 Å². The summed E-state index contributed by atoms with van der Waals surface area (Å²) in [6.45, 7) is 5.87. The van der Waals surface area contributed by atoms with Crippen molar-refractivity contribution in [3.8, 4) is 5.75 Å². The first-order valence-corrected chi connectivity index (χ1v) is 11.0. The molecule has 0 bridgehead atoms. The maximum absolute atomic E-state index is 12.2. The van der Waals surface area contributed by atoms with Crippen molar-refractivity contribution in [2.45, 2.75) is 65.3 Å². The lowest BCUT2D eigenvalue weighted by molar-refractivity contribution is -0.288. The number of hydrogen-bond acceptors (Lipinski definition) is 12. The minimum atomic E-state index is -1.48. The van der Waals surface area contributed by atoms with Gasteiger partial charge in [0, 0.05) is 27.7 Å². The molecule has 36 heavy (non-hydrogen) atoms. The summed E-state index contributed by atoms with van der Waals surface area (Å²) in [7, 11) is 0. The van der Waals surface area contributed by atoms with Gasteiger partial charge in [-0.25, -0.2) is 4.79 Å². The van der Waals surface area contributed by atoms with Crippen molar-refractivity contribution in [3.63, 3.8) is 0 Å². The van der Waals surface area contributed by atoms with Crippen molar-refractivity contribution in [2.24, 2.45) is 0 Å². The second kappa shape index (κ2) is 11.2. The molecule has 0 N–H and O–H groups in total. The first kappa shape index (κ1) is 26.7. The van der Waals surface area contributed by atoms with Crippen LogP contribution in [0.4, 0.5) is 0 Å². The van der Waals surface area contributed by atoms with E-state index in [1.807, 2.05) is 0 Å². The number of carbonyl (C=O) groups is 4. The third-order valence-corrected chi connectivity index (χ3v) is 5.13. The van der Waals surface area contributed by atoms with E-state index >= 15 is 0 Å². The standard InChI is InChI=1S/C24H26O12/c1-11-7-6-8-16-20(11)17(9-19(29)34-16)35-24-23(33-15(5)28)22(32-14(4)27)21(31-13(3)26)18(36-24)10-30-12(2)25/h6-9,18,21-24H,10H2,1-5H3/t18-,21-,22+,23-,24-/m1/s1. The summed E-state index contributed by atoms with van der Waals surface area (Å²) >= 11 is 0. The average molecular weight is 506 g/mol. The van der Waals surface area contributed by atoms with Gasteiger partial charge < -0.3 is 32.8 Å². The fraction of sp³-hybridized carbons (Fsp3) is 0.458. The summed E-state index contributed by atoms with van der Waals surface area (Å²) in [5, 5.41) is 0.449. The summed E-state index contributed by atoms with van der Waals surface area (Å²) in [6, 6.07) is 6.12. The maximum Gasteiger partial charge on any atom is 0.339 e. The Morgan fingerprint density at radius 3 is 2.08 bits per heavy atom. The molecule has 0 radical (unpaired) electrons. The normalized spacial score (nSPS) is 23.4. The van der Waals surface area contributed by atoms with Crippen molar-refractivity contribution < 1.29 is 52.0 Å². The molecule has 1 saturated heterocycles. The van der Waals surface area contributed by atoms with Crippen molar-refractivity contribution in [1.29, 1.82) is 0 Å². The number of benzene rings is 1. The molecule has 2 heterocycles. The molecule has 194 valence electrons. The van der Waals surface area contributed by atoms with Gasteiger partial charge >= 0.3 is 29.5 Å². The SMILES string of the molecule is CC(=O)OC[C@H]1O[C@@H](Oc2cc(=O)oc3cccc(C)c23)[C@H](OC(C)=O)[C@@H](OC(C)=O)[C@@H]1OC(C)=O. The van der Waals surface area contributed by atoms with Gasteiger partial charge in [0.05, 0.1) is 11.5 Å². The molecular formula is C24H26O12. The Hall–Kier alpha value is -3.93. The van der Waals surface area contributed by atoms with Crippen LogP contribution in [0.3, 0.4) is 0 Å². The molecule has 2 aromatic rings. The lowest BCUT2D eigenvalue weighted by Crippen LogP contribution is -2.63. The number of rotatable bonds is 7. The van der Waals surface area contributed by atoms with Gasteiger partial charge in [-0.3, -0.25) is 19.2 Å². The second-order valence-electron chi connectivity index (χ2n) is 8.06. The maximum atomic E-state index is 12.2. The van der Waals surface area contributed by atoms with Gasteiger partial charge in [0.25, 0.3) is 0 Å². The molecule has 12 nitrogen and oxygen atoms in total. The molecule has 3 rings (SSSR count). The van der Waals surface area contributed by atoms with E-state index in [9.17, 15) is 24.0 Å². The van der Waals surface area contributed by atoms with Crippen LogP contribution >= 0.6 is 0 Å². The van der Waals surface area contributed by atoms with Gasteiger partial charge in [-0.15, -0.1) is 0 Å². The van der Waals surface area contributed by atoms with E-state index in [4.69, 9.17) is 32.8 Å². The highest BCUT2D eigenvalue weighted by molar-refractivity contribution is 5.86. The highest BCUT2D eigenvalue weighted by Gasteiger charge is 2.53. The zero-order valence-corrected chi connectivity index (χ0v) is 20.3.